The van der Waals surface area contributed by atoms with Crippen LogP contribution in [-0.2, 0) is 6.54 Å². The van der Waals surface area contributed by atoms with E-state index in [1.807, 2.05) is 0 Å². The number of nitro groups is 1. The Morgan fingerprint density at radius 1 is 1.24 bits per heavy atom. The molecule has 21 heavy (non-hydrogen) atoms. The first-order valence-electron chi connectivity index (χ1n) is 6.01. The Balaban J connectivity index is 2.15. The minimum atomic E-state index is -0.522. The van der Waals surface area contributed by atoms with Gasteiger partial charge in [-0.05, 0) is 30.3 Å². The van der Waals surface area contributed by atoms with Gasteiger partial charge < -0.3 is 10.1 Å². The first kappa shape index (κ1) is 15.4. The molecular formula is C14H12Cl2N2O3. The maximum absolute atomic E-state index is 10.7. The molecule has 5 nitrogen and oxygen atoms in total. The van der Waals surface area contributed by atoms with Gasteiger partial charge in [0.15, 0.2) is 0 Å². The van der Waals surface area contributed by atoms with Gasteiger partial charge in [-0.25, -0.2) is 0 Å². The molecule has 1 N–H and O–H groups in total. The van der Waals surface area contributed by atoms with E-state index in [1.165, 1.54) is 12.1 Å². The number of hydrogen-bond acceptors (Lipinski definition) is 4. The van der Waals surface area contributed by atoms with E-state index in [9.17, 15) is 10.1 Å². The summed E-state index contributed by atoms with van der Waals surface area (Å²) >= 11 is 11.8. The maximum Gasteiger partial charge on any atom is 0.288 e. The Kier molecular flexibility index (Phi) is 4.88. The van der Waals surface area contributed by atoms with Gasteiger partial charge in [-0.3, -0.25) is 10.1 Å². The third-order valence-corrected chi connectivity index (χ3v) is 3.41. The number of benzene rings is 2. The van der Waals surface area contributed by atoms with Crippen molar-refractivity contribution in [1.82, 2.24) is 0 Å². The molecule has 0 amide bonds. The van der Waals surface area contributed by atoms with E-state index in [4.69, 9.17) is 27.9 Å². The second-order valence-electron chi connectivity index (χ2n) is 4.23. The summed E-state index contributed by atoms with van der Waals surface area (Å²) in [6.07, 6.45) is 0. The maximum atomic E-state index is 10.7. The molecule has 0 spiro atoms. The molecule has 2 aromatic carbocycles. The summed E-state index contributed by atoms with van der Waals surface area (Å²) < 4.78 is 5.25. The second kappa shape index (κ2) is 6.65. The van der Waals surface area contributed by atoms with Crippen LogP contribution in [0.15, 0.2) is 36.4 Å². The fraction of sp³-hybridized carbons (Fsp3) is 0.143. The predicted molar refractivity (Wildman–Crippen MR) is 83.4 cm³/mol. The lowest BCUT2D eigenvalue weighted by molar-refractivity contribution is -0.384. The highest BCUT2D eigenvalue weighted by molar-refractivity contribution is 6.33. The highest BCUT2D eigenvalue weighted by Crippen LogP contribution is 2.28. The molecule has 7 heteroatoms. The van der Waals surface area contributed by atoms with Crippen LogP contribution in [-0.4, -0.2) is 12.0 Å². The number of rotatable bonds is 5. The Morgan fingerprint density at radius 2 is 2.00 bits per heavy atom. The Labute approximate surface area is 131 Å². The highest BCUT2D eigenvalue weighted by atomic mass is 35.5. The van der Waals surface area contributed by atoms with Crippen LogP contribution in [0.2, 0.25) is 10.0 Å². The molecule has 2 aromatic rings. The van der Waals surface area contributed by atoms with Crippen molar-refractivity contribution in [2.24, 2.45) is 0 Å². The number of nitrogens with one attached hydrogen (secondary N) is 1. The van der Waals surface area contributed by atoms with Gasteiger partial charge in [0.25, 0.3) is 5.69 Å². The first-order valence-corrected chi connectivity index (χ1v) is 6.77. The van der Waals surface area contributed by atoms with Crippen molar-refractivity contribution in [3.05, 3.63) is 62.1 Å². The van der Waals surface area contributed by atoms with Crippen molar-refractivity contribution in [1.29, 1.82) is 0 Å². The minimum absolute atomic E-state index is 0.0862. The van der Waals surface area contributed by atoms with Crippen molar-refractivity contribution in [3.63, 3.8) is 0 Å². The Hall–Kier alpha value is -1.98. The van der Waals surface area contributed by atoms with Crippen molar-refractivity contribution in [3.8, 4) is 5.75 Å². The average Bonchev–Trinajstić information content (AvgIpc) is 2.45. The number of anilines is 1. The van der Waals surface area contributed by atoms with Crippen molar-refractivity contribution in [2.75, 3.05) is 12.4 Å². The molecule has 0 aliphatic heterocycles. The second-order valence-corrected chi connectivity index (χ2v) is 5.08. The molecule has 0 aliphatic carbocycles. The lowest BCUT2D eigenvalue weighted by atomic mass is 10.2. The van der Waals surface area contributed by atoms with Crippen LogP contribution < -0.4 is 10.1 Å². The smallest absolute Gasteiger partial charge is 0.288 e. The number of nitro benzene ring substituents is 1. The summed E-state index contributed by atoms with van der Waals surface area (Å²) in [5.41, 5.74) is 1.43. The summed E-state index contributed by atoms with van der Waals surface area (Å²) in [6, 6.07) is 9.78. The molecule has 0 radical (unpaired) electrons. The fourth-order valence-corrected chi connectivity index (χ4v) is 2.29. The van der Waals surface area contributed by atoms with Gasteiger partial charge in [-0.15, -0.1) is 0 Å². The Morgan fingerprint density at radius 3 is 2.62 bits per heavy atom. The zero-order valence-corrected chi connectivity index (χ0v) is 12.6. The zero-order chi connectivity index (χ0) is 15.4. The number of methoxy groups -OCH3 is 1. The molecule has 0 aromatic heterocycles. The lowest BCUT2D eigenvalue weighted by Gasteiger charge is -2.11. The van der Waals surface area contributed by atoms with Crippen LogP contribution in [0.5, 0.6) is 5.75 Å². The fourth-order valence-electron chi connectivity index (χ4n) is 1.85. The van der Waals surface area contributed by atoms with Crippen LogP contribution in [0.3, 0.4) is 0 Å². The highest BCUT2D eigenvalue weighted by Gasteiger charge is 2.12. The van der Waals surface area contributed by atoms with E-state index in [1.54, 1.807) is 31.4 Å². The van der Waals surface area contributed by atoms with E-state index >= 15 is 0 Å². The van der Waals surface area contributed by atoms with Gasteiger partial charge in [-0.2, -0.15) is 0 Å². The van der Waals surface area contributed by atoms with Crippen molar-refractivity contribution in [2.45, 2.75) is 6.54 Å². The molecule has 0 saturated heterocycles. The number of nitrogens with zero attached hydrogens (tertiary/aromatic N) is 1. The summed E-state index contributed by atoms with van der Waals surface area (Å²) in [4.78, 5) is 10.2. The SMILES string of the molecule is COc1ccc(Cl)cc1CNc1ccc([N+](=O)[O-])c(Cl)c1. The Bertz CT molecular complexity index is 677. The number of hydrogen-bond donors (Lipinski definition) is 1. The normalized spacial score (nSPS) is 10.2. The first-order chi connectivity index (χ1) is 10.0. The van der Waals surface area contributed by atoms with Gasteiger partial charge in [0, 0.05) is 28.9 Å². The summed E-state index contributed by atoms with van der Waals surface area (Å²) in [6.45, 7) is 0.456. The molecular weight excluding hydrogens is 315 g/mol. The molecule has 0 heterocycles. The van der Waals surface area contributed by atoms with Gasteiger partial charge in [0.1, 0.15) is 10.8 Å². The third kappa shape index (κ3) is 3.77. The molecule has 2 rings (SSSR count). The van der Waals surface area contributed by atoms with Gasteiger partial charge >= 0.3 is 0 Å². The minimum Gasteiger partial charge on any atom is -0.496 e. The quantitative estimate of drug-likeness (QED) is 0.648. The molecule has 0 aliphatic rings. The van der Waals surface area contributed by atoms with E-state index in [-0.39, 0.29) is 10.7 Å². The van der Waals surface area contributed by atoms with Gasteiger partial charge in [0.2, 0.25) is 0 Å². The topological polar surface area (TPSA) is 64.4 Å². The molecule has 0 bridgehead atoms. The zero-order valence-electron chi connectivity index (χ0n) is 11.1. The van der Waals surface area contributed by atoms with Crippen LogP contribution in [0.25, 0.3) is 0 Å². The molecule has 0 atom stereocenters. The standard InChI is InChI=1S/C14H12Cl2N2O3/c1-21-14-5-2-10(15)6-9(14)8-17-11-3-4-13(18(19)20)12(16)7-11/h2-7,17H,8H2,1H3. The summed E-state index contributed by atoms with van der Waals surface area (Å²) in [5, 5.41) is 14.5. The van der Waals surface area contributed by atoms with Crippen LogP contribution in [0.4, 0.5) is 11.4 Å². The third-order valence-electron chi connectivity index (χ3n) is 2.87. The predicted octanol–water partition coefficient (Wildman–Crippen LogP) is 4.52. The monoisotopic (exact) mass is 326 g/mol. The van der Waals surface area contributed by atoms with E-state index in [2.05, 4.69) is 5.32 Å². The van der Waals surface area contributed by atoms with E-state index < -0.39 is 4.92 Å². The van der Waals surface area contributed by atoms with Gasteiger partial charge in [-0.1, -0.05) is 23.2 Å². The van der Waals surface area contributed by atoms with Crippen LogP contribution in [0, 0.1) is 10.1 Å². The number of ether oxygens (including phenoxy) is 1. The number of halogens is 2. The molecule has 0 fully saturated rings. The van der Waals surface area contributed by atoms with E-state index in [0.717, 1.165) is 5.56 Å². The van der Waals surface area contributed by atoms with E-state index in [0.29, 0.717) is 23.0 Å². The molecule has 0 saturated carbocycles. The average molecular weight is 327 g/mol. The molecule has 110 valence electrons. The molecule has 0 unspecified atom stereocenters. The van der Waals surface area contributed by atoms with Crippen LogP contribution >= 0.6 is 23.2 Å². The largest absolute Gasteiger partial charge is 0.496 e. The van der Waals surface area contributed by atoms with Crippen molar-refractivity contribution >= 4 is 34.6 Å². The van der Waals surface area contributed by atoms with Crippen LogP contribution in [0.1, 0.15) is 5.56 Å². The van der Waals surface area contributed by atoms with Crippen molar-refractivity contribution < 1.29 is 9.66 Å². The summed E-state index contributed by atoms with van der Waals surface area (Å²) in [7, 11) is 1.58. The summed E-state index contributed by atoms with van der Waals surface area (Å²) in [5.74, 6) is 0.708. The lowest BCUT2D eigenvalue weighted by Crippen LogP contribution is -2.02. The van der Waals surface area contributed by atoms with Gasteiger partial charge in [0.05, 0.1) is 12.0 Å².